The van der Waals surface area contributed by atoms with E-state index in [1.165, 1.54) is 29.5 Å². The zero-order valence-electron chi connectivity index (χ0n) is 15.8. The molecule has 2 N–H and O–H groups in total. The van der Waals surface area contributed by atoms with E-state index >= 15 is 0 Å². The van der Waals surface area contributed by atoms with Crippen LogP contribution in [0.25, 0.3) is 0 Å². The Morgan fingerprint density at radius 2 is 1.97 bits per heavy atom. The molecule has 2 aromatic carbocycles. The van der Waals surface area contributed by atoms with Gasteiger partial charge in [-0.05, 0) is 65.2 Å². The van der Waals surface area contributed by atoms with Crippen molar-refractivity contribution in [3.63, 3.8) is 0 Å². The van der Waals surface area contributed by atoms with Gasteiger partial charge < -0.3 is 0 Å². The molecule has 3 rings (SSSR count). The molecule has 0 aliphatic heterocycles. The number of aryl methyl sites for hydroxylation is 2. The van der Waals surface area contributed by atoms with Gasteiger partial charge in [0.15, 0.2) is 0 Å². The number of carbonyl (C=O) groups excluding carboxylic acids is 1. The lowest BCUT2D eigenvalue weighted by Crippen LogP contribution is -2.16. The van der Waals surface area contributed by atoms with Crippen LogP contribution in [0.5, 0.6) is 0 Å². The number of carbonyl (C=O) groups is 1. The molecule has 10 heteroatoms. The standard InChI is InChI=1S/C19H19BrN4O3S2/c1-3-5-17-22-23-19(28-17)21-18(25)13-6-4-7-14(11-13)29(26,27)24-16-10-12(2)8-9-15(16)20/h4,6-11,24H,3,5H2,1-2H3,(H,21,23,25). The minimum absolute atomic E-state index is 0.0116. The third kappa shape index (κ3) is 5.40. The Morgan fingerprint density at radius 1 is 1.17 bits per heavy atom. The fourth-order valence-corrected chi connectivity index (χ4v) is 4.94. The number of rotatable bonds is 7. The largest absolute Gasteiger partial charge is 0.296 e. The Bertz CT molecular complexity index is 1150. The molecule has 0 aliphatic carbocycles. The molecule has 1 aromatic heterocycles. The molecule has 3 aromatic rings. The molecule has 7 nitrogen and oxygen atoms in total. The van der Waals surface area contributed by atoms with E-state index in [4.69, 9.17) is 0 Å². The summed E-state index contributed by atoms with van der Waals surface area (Å²) in [6, 6.07) is 11.2. The van der Waals surface area contributed by atoms with Crippen LogP contribution in [0.15, 0.2) is 51.8 Å². The monoisotopic (exact) mass is 494 g/mol. The van der Waals surface area contributed by atoms with E-state index in [-0.39, 0.29) is 10.5 Å². The number of benzene rings is 2. The van der Waals surface area contributed by atoms with Crippen LogP contribution in [-0.2, 0) is 16.4 Å². The summed E-state index contributed by atoms with van der Waals surface area (Å²) in [5.41, 5.74) is 1.55. The summed E-state index contributed by atoms with van der Waals surface area (Å²) in [5.74, 6) is -0.446. The molecular weight excluding hydrogens is 476 g/mol. The number of aromatic nitrogens is 2. The number of sulfonamides is 1. The Morgan fingerprint density at radius 3 is 2.72 bits per heavy atom. The Hall–Kier alpha value is -2.30. The number of anilines is 2. The van der Waals surface area contributed by atoms with Gasteiger partial charge in [-0.1, -0.05) is 30.4 Å². The third-order valence-corrected chi connectivity index (χ3v) is 6.88. The van der Waals surface area contributed by atoms with Crippen molar-refractivity contribution in [1.29, 1.82) is 0 Å². The van der Waals surface area contributed by atoms with Crippen molar-refractivity contribution >= 4 is 54.0 Å². The molecule has 0 fully saturated rings. The first-order chi connectivity index (χ1) is 13.8. The molecule has 0 saturated heterocycles. The maximum Gasteiger partial charge on any atom is 0.261 e. The second-order valence-corrected chi connectivity index (χ2v) is 9.92. The molecule has 0 saturated carbocycles. The van der Waals surface area contributed by atoms with Gasteiger partial charge >= 0.3 is 0 Å². The van der Waals surface area contributed by atoms with Gasteiger partial charge in [-0.15, -0.1) is 10.2 Å². The molecule has 0 aliphatic rings. The summed E-state index contributed by atoms with van der Waals surface area (Å²) in [6.45, 7) is 3.91. The molecule has 0 atom stereocenters. The summed E-state index contributed by atoms with van der Waals surface area (Å²) < 4.78 is 28.8. The van der Waals surface area contributed by atoms with Gasteiger partial charge in [0.05, 0.1) is 10.6 Å². The van der Waals surface area contributed by atoms with E-state index in [1.807, 2.05) is 19.9 Å². The zero-order valence-corrected chi connectivity index (χ0v) is 19.0. The first-order valence-electron chi connectivity index (χ1n) is 8.81. The van der Waals surface area contributed by atoms with Crippen LogP contribution in [0.1, 0.15) is 34.3 Å². The number of hydrogen-bond donors (Lipinski definition) is 2. The number of amides is 1. The van der Waals surface area contributed by atoms with Crippen molar-refractivity contribution in [3.8, 4) is 0 Å². The maximum atomic E-state index is 12.8. The lowest BCUT2D eigenvalue weighted by molar-refractivity contribution is 0.102. The minimum atomic E-state index is -3.87. The van der Waals surface area contributed by atoms with Crippen LogP contribution in [0, 0.1) is 6.92 Å². The smallest absolute Gasteiger partial charge is 0.261 e. The summed E-state index contributed by atoms with van der Waals surface area (Å²) in [6.07, 6.45) is 1.73. The van der Waals surface area contributed by atoms with Crippen molar-refractivity contribution in [2.24, 2.45) is 0 Å². The van der Waals surface area contributed by atoms with Gasteiger partial charge in [0.2, 0.25) is 5.13 Å². The molecule has 0 bridgehead atoms. The second kappa shape index (κ2) is 9.02. The SMILES string of the molecule is CCCc1nnc(NC(=O)c2cccc(S(=O)(=O)Nc3cc(C)ccc3Br)c2)s1. The lowest BCUT2D eigenvalue weighted by atomic mass is 10.2. The quantitative estimate of drug-likeness (QED) is 0.499. The summed E-state index contributed by atoms with van der Waals surface area (Å²) in [5, 5.41) is 11.8. The normalized spacial score (nSPS) is 11.3. The highest BCUT2D eigenvalue weighted by molar-refractivity contribution is 9.10. The van der Waals surface area contributed by atoms with Crippen LogP contribution < -0.4 is 10.0 Å². The number of nitrogens with one attached hydrogen (secondary N) is 2. The van der Waals surface area contributed by atoms with E-state index in [1.54, 1.807) is 18.2 Å². The molecule has 29 heavy (non-hydrogen) atoms. The highest BCUT2D eigenvalue weighted by atomic mass is 79.9. The van der Waals surface area contributed by atoms with E-state index in [0.29, 0.717) is 15.3 Å². The number of hydrogen-bond acceptors (Lipinski definition) is 6. The van der Waals surface area contributed by atoms with Crippen LogP contribution in [0.3, 0.4) is 0 Å². The van der Waals surface area contributed by atoms with Gasteiger partial charge in [-0.3, -0.25) is 14.8 Å². The van der Waals surface area contributed by atoms with Gasteiger partial charge in [0, 0.05) is 16.5 Å². The van der Waals surface area contributed by atoms with Crippen molar-refractivity contribution in [1.82, 2.24) is 10.2 Å². The van der Waals surface area contributed by atoms with Gasteiger partial charge in [0.25, 0.3) is 15.9 Å². The zero-order chi connectivity index (χ0) is 21.0. The molecule has 1 heterocycles. The maximum absolute atomic E-state index is 12.8. The number of nitrogens with zero attached hydrogens (tertiary/aromatic N) is 2. The van der Waals surface area contributed by atoms with E-state index in [9.17, 15) is 13.2 Å². The van der Waals surface area contributed by atoms with E-state index < -0.39 is 15.9 Å². The third-order valence-electron chi connectivity index (χ3n) is 3.92. The summed E-state index contributed by atoms with van der Waals surface area (Å²) >= 11 is 4.65. The van der Waals surface area contributed by atoms with Crippen molar-refractivity contribution < 1.29 is 13.2 Å². The van der Waals surface area contributed by atoms with E-state index in [2.05, 4.69) is 36.2 Å². The molecular formula is C19H19BrN4O3S2. The fraction of sp³-hybridized carbons (Fsp3) is 0.211. The average molecular weight is 495 g/mol. The highest BCUT2D eigenvalue weighted by Crippen LogP contribution is 2.26. The summed E-state index contributed by atoms with van der Waals surface area (Å²) in [4.78, 5) is 12.5. The predicted octanol–water partition coefficient (Wildman–Crippen LogP) is 4.61. The van der Waals surface area contributed by atoms with Crippen molar-refractivity contribution in [3.05, 3.63) is 63.1 Å². The van der Waals surface area contributed by atoms with Gasteiger partial charge in [0.1, 0.15) is 5.01 Å². The topological polar surface area (TPSA) is 101 Å². The van der Waals surface area contributed by atoms with E-state index in [0.717, 1.165) is 23.4 Å². The van der Waals surface area contributed by atoms with Gasteiger partial charge in [-0.25, -0.2) is 8.42 Å². The Labute approximate surface area is 181 Å². The van der Waals surface area contributed by atoms with Crippen molar-refractivity contribution in [2.75, 3.05) is 10.0 Å². The van der Waals surface area contributed by atoms with Crippen LogP contribution in [0.2, 0.25) is 0 Å². The van der Waals surface area contributed by atoms with Crippen molar-refractivity contribution in [2.45, 2.75) is 31.6 Å². The van der Waals surface area contributed by atoms with Crippen LogP contribution in [0.4, 0.5) is 10.8 Å². The first kappa shape index (κ1) is 21.4. The van der Waals surface area contributed by atoms with Crippen LogP contribution >= 0.6 is 27.3 Å². The van der Waals surface area contributed by atoms with Crippen LogP contribution in [-0.4, -0.2) is 24.5 Å². The molecule has 1 amide bonds. The molecule has 152 valence electrons. The molecule has 0 unspecified atom stereocenters. The first-order valence-corrected chi connectivity index (χ1v) is 11.9. The average Bonchev–Trinajstić information content (AvgIpc) is 3.12. The highest BCUT2D eigenvalue weighted by Gasteiger charge is 2.18. The molecule has 0 radical (unpaired) electrons. The Kier molecular flexibility index (Phi) is 6.66. The molecule has 0 spiro atoms. The van der Waals surface area contributed by atoms with Gasteiger partial charge in [-0.2, -0.15) is 0 Å². The second-order valence-electron chi connectivity index (χ2n) is 6.32. The predicted molar refractivity (Wildman–Crippen MR) is 118 cm³/mol. The summed E-state index contributed by atoms with van der Waals surface area (Å²) in [7, 11) is -3.87. The number of halogens is 1. The lowest BCUT2D eigenvalue weighted by Gasteiger charge is -2.11. The minimum Gasteiger partial charge on any atom is -0.296 e. The Balaban J connectivity index is 1.80. The fourth-order valence-electron chi connectivity index (χ4n) is 2.51.